The first-order valence-electron chi connectivity index (χ1n) is 11.1. The average Bonchev–Trinajstić information content (AvgIpc) is 3.51. The van der Waals surface area contributed by atoms with E-state index in [9.17, 15) is 9.59 Å². The van der Waals surface area contributed by atoms with Crippen molar-refractivity contribution in [2.45, 2.75) is 27.0 Å². The molecule has 3 aromatic heterocycles. The van der Waals surface area contributed by atoms with Crippen molar-refractivity contribution in [3.63, 3.8) is 0 Å². The summed E-state index contributed by atoms with van der Waals surface area (Å²) < 4.78 is 13.3. The summed E-state index contributed by atoms with van der Waals surface area (Å²) in [7, 11) is 0. The van der Waals surface area contributed by atoms with E-state index in [0.29, 0.717) is 23.6 Å². The molecular formula is C25H27N5O4. The second-order valence-electron chi connectivity index (χ2n) is 7.65. The van der Waals surface area contributed by atoms with Crippen LogP contribution < -0.4 is 15.6 Å². The van der Waals surface area contributed by atoms with Crippen molar-refractivity contribution in [3.8, 4) is 5.75 Å². The first kappa shape index (κ1) is 23.1. The van der Waals surface area contributed by atoms with Crippen LogP contribution in [-0.2, 0) is 13.2 Å². The minimum absolute atomic E-state index is 0.131. The van der Waals surface area contributed by atoms with Gasteiger partial charge < -0.3 is 13.6 Å². The lowest BCUT2D eigenvalue weighted by molar-refractivity contribution is 0.0828. The molecule has 0 spiro atoms. The molecule has 0 unspecified atom stereocenters. The van der Waals surface area contributed by atoms with Gasteiger partial charge in [-0.15, -0.1) is 0 Å². The van der Waals surface area contributed by atoms with Crippen molar-refractivity contribution in [3.05, 3.63) is 89.8 Å². The highest BCUT2D eigenvalue weighted by atomic mass is 16.5. The lowest BCUT2D eigenvalue weighted by atomic mass is 10.2. The van der Waals surface area contributed by atoms with Crippen molar-refractivity contribution < 1.29 is 18.7 Å². The van der Waals surface area contributed by atoms with Gasteiger partial charge in [0.15, 0.2) is 5.76 Å². The van der Waals surface area contributed by atoms with E-state index >= 15 is 0 Å². The van der Waals surface area contributed by atoms with Gasteiger partial charge in [0.25, 0.3) is 5.91 Å². The summed E-state index contributed by atoms with van der Waals surface area (Å²) in [6.07, 6.45) is 3.81. The van der Waals surface area contributed by atoms with Crippen LogP contribution in [0.2, 0.25) is 0 Å². The molecule has 0 bridgehead atoms. The number of nitrogens with one attached hydrogen (secondary N) is 2. The van der Waals surface area contributed by atoms with Gasteiger partial charge in [0.05, 0.1) is 12.2 Å². The van der Waals surface area contributed by atoms with Crippen molar-refractivity contribution in [2.75, 3.05) is 13.1 Å². The predicted octanol–water partition coefficient (Wildman–Crippen LogP) is 3.42. The van der Waals surface area contributed by atoms with Crippen LogP contribution in [0, 0.1) is 0 Å². The second kappa shape index (κ2) is 10.7. The van der Waals surface area contributed by atoms with Gasteiger partial charge in [-0.3, -0.25) is 25.3 Å². The van der Waals surface area contributed by atoms with Gasteiger partial charge in [0.2, 0.25) is 0 Å². The number of carbonyl (C=O) groups is 2. The molecule has 9 heteroatoms. The number of hydrazine groups is 1. The van der Waals surface area contributed by atoms with E-state index in [4.69, 9.17) is 9.15 Å². The van der Waals surface area contributed by atoms with Crippen LogP contribution in [0.4, 0.5) is 0 Å². The lowest BCUT2D eigenvalue weighted by Crippen LogP contribution is -2.41. The topological polar surface area (TPSA) is 101 Å². The molecule has 34 heavy (non-hydrogen) atoms. The monoisotopic (exact) mass is 461 g/mol. The van der Waals surface area contributed by atoms with E-state index in [1.165, 1.54) is 0 Å². The second-order valence-corrected chi connectivity index (χ2v) is 7.65. The fourth-order valence-electron chi connectivity index (χ4n) is 3.44. The number of benzene rings is 1. The summed E-state index contributed by atoms with van der Waals surface area (Å²) in [5, 5.41) is 0. The first-order valence-corrected chi connectivity index (χ1v) is 11.1. The Labute approximate surface area is 197 Å². The summed E-state index contributed by atoms with van der Waals surface area (Å²) in [6, 6.07) is 15.8. The van der Waals surface area contributed by atoms with Crippen LogP contribution in [0.15, 0.2) is 71.4 Å². The van der Waals surface area contributed by atoms with E-state index in [-0.39, 0.29) is 12.4 Å². The number of hydrogen-bond acceptors (Lipinski definition) is 6. The molecule has 3 heterocycles. The highest BCUT2D eigenvalue weighted by Gasteiger charge is 2.14. The molecule has 0 saturated carbocycles. The Hall–Kier alpha value is -4.11. The van der Waals surface area contributed by atoms with Crippen LogP contribution in [0.3, 0.4) is 0 Å². The molecule has 2 amide bonds. The highest BCUT2D eigenvalue weighted by Crippen LogP contribution is 2.16. The minimum Gasteiger partial charge on any atom is -0.487 e. The Morgan fingerprint density at radius 3 is 2.65 bits per heavy atom. The fourth-order valence-corrected chi connectivity index (χ4v) is 3.44. The third kappa shape index (κ3) is 5.62. The maximum Gasteiger partial charge on any atom is 0.305 e. The maximum atomic E-state index is 12.5. The zero-order valence-corrected chi connectivity index (χ0v) is 19.2. The SMILES string of the molecule is CCN(CC)Cc1ccc(C(=O)NNC(=O)c2cccc(OCc3cn4ccccc4n3)c2)o1. The number of ether oxygens (including phenoxy) is 1. The molecule has 0 aliphatic carbocycles. The number of nitrogens with zero attached hydrogens (tertiary/aromatic N) is 3. The number of amides is 2. The molecule has 0 aliphatic heterocycles. The Kier molecular flexibility index (Phi) is 7.24. The van der Waals surface area contributed by atoms with Gasteiger partial charge >= 0.3 is 5.91 Å². The smallest absolute Gasteiger partial charge is 0.305 e. The molecule has 4 rings (SSSR count). The van der Waals surface area contributed by atoms with Gasteiger partial charge in [-0.05, 0) is 55.6 Å². The van der Waals surface area contributed by atoms with E-state index in [1.54, 1.807) is 36.4 Å². The quantitative estimate of drug-likeness (QED) is 0.371. The number of fused-ring (bicyclic) bond motifs is 1. The lowest BCUT2D eigenvalue weighted by Gasteiger charge is -2.15. The van der Waals surface area contributed by atoms with Crippen molar-refractivity contribution in [1.29, 1.82) is 0 Å². The zero-order valence-electron chi connectivity index (χ0n) is 19.2. The number of imidazole rings is 1. The third-order valence-electron chi connectivity index (χ3n) is 5.35. The van der Waals surface area contributed by atoms with Gasteiger partial charge in [-0.1, -0.05) is 26.0 Å². The fraction of sp³-hybridized carbons (Fsp3) is 0.240. The van der Waals surface area contributed by atoms with E-state index in [0.717, 1.165) is 24.4 Å². The molecule has 1 aromatic carbocycles. The van der Waals surface area contributed by atoms with Crippen LogP contribution in [0.1, 0.15) is 46.2 Å². The van der Waals surface area contributed by atoms with Gasteiger partial charge in [0, 0.05) is 18.0 Å². The molecule has 0 saturated heterocycles. The molecule has 2 N–H and O–H groups in total. The molecule has 0 radical (unpaired) electrons. The van der Waals surface area contributed by atoms with Crippen molar-refractivity contribution in [2.24, 2.45) is 0 Å². The molecule has 0 atom stereocenters. The minimum atomic E-state index is -0.529. The number of hydrogen-bond donors (Lipinski definition) is 2. The summed E-state index contributed by atoms with van der Waals surface area (Å²) >= 11 is 0. The largest absolute Gasteiger partial charge is 0.487 e. The van der Waals surface area contributed by atoms with Crippen LogP contribution in [-0.4, -0.2) is 39.2 Å². The summed E-state index contributed by atoms with van der Waals surface area (Å²) in [6.45, 7) is 6.78. The molecule has 0 aliphatic rings. The van der Waals surface area contributed by atoms with E-state index in [2.05, 4.69) is 34.6 Å². The normalized spacial score (nSPS) is 11.0. The number of carbonyl (C=O) groups excluding carboxylic acids is 2. The average molecular weight is 462 g/mol. The Morgan fingerprint density at radius 2 is 1.85 bits per heavy atom. The number of pyridine rings is 1. The number of furan rings is 1. The van der Waals surface area contributed by atoms with Crippen molar-refractivity contribution >= 4 is 17.5 Å². The van der Waals surface area contributed by atoms with E-state index < -0.39 is 11.8 Å². The predicted molar refractivity (Wildman–Crippen MR) is 126 cm³/mol. The zero-order chi connectivity index (χ0) is 23.9. The Balaban J connectivity index is 1.30. The van der Waals surface area contributed by atoms with Crippen LogP contribution in [0.5, 0.6) is 5.75 Å². The summed E-state index contributed by atoms with van der Waals surface area (Å²) in [5.74, 6) is 0.339. The van der Waals surface area contributed by atoms with Gasteiger partial charge in [-0.25, -0.2) is 4.98 Å². The first-order chi connectivity index (χ1) is 16.6. The number of aromatic nitrogens is 2. The molecule has 9 nitrogen and oxygen atoms in total. The van der Waals surface area contributed by atoms with Crippen molar-refractivity contribution in [1.82, 2.24) is 25.1 Å². The summed E-state index contributed by atoms with van der Waals surface area (Å²) in [5.41, 5.74) is 6.74. The standard InChI is InChI=1S/C25H27N5O4/c1-3-29(4-2)16-21-11-12-22(34-21)25(32)28-27-24(31)18-8-7-9-20(14-18)33-17-19-15-30-13-6-5-10-23(30)26-19/h5-15H,3-4,16-17H2,1-2H3,(H,27,31)(H,28,32). The van der Waals surface area contributed by atoms with Crippen LogP contribution >= 0.6 is 0 Å². The van der Waals surface area contributed by atoms with Crippen LogP contribution in [0.25, 0.3) is 5.65 Å². The Morgan fingerprint density at radius 1 is 1.03 bits per heavy atom. The van der Waals surface area contributed by atoms with Gasteiger partial charge in [-0.2, -0.15) is 0 Å². The summed E-state index contributed by atoms with van der Waals surface area (Å²) in [4.78, 5) is 31.5. The molecule has 4 aromatic rings. The highest BCUT2D eigenvalue weighted by molar-refractivity contribution is 5.98. The third-order valence-corrected chi connectivity index (χ3v) is 5.35. The molecule has 0 fully saturated rings. The molecular weight excluding hydrogens is 434 g/mol. The van der Waals surface area contributed by atoms with E-state index in [1.807, 2.05) is 35.0 Å². The number of rotatable bonds is 9. The van der Waals surface area contributed by atoms with Gasteiger partial charge in [0.1, 0.15) is 23.8 Å². The maximum absolute atomic E-state index is 12.5. The Bertz CT molecular complexity index is 1240. The molecule has 176 valence electrons.